The van der Waals surface area contributed by atoms with E-state index in [1.54, 1.807) is 0 Å². The number of nitrogens with two attached hydrogens (primary N) is 1. The van der Waals surface area contributed by atoms with Gasteiger partial charge in [0.25, 0.3) is 0 Å². The summed E-state index contributed by atoms with van der Waals surface area (Å²) in [5.41, 5.74) is 2.19. The van der Waals surface area contributed by atoms with E-state index in [9.17, 15) is 4.79 Å². The van der Waals surface area contributed by atoms with Crippen LogP contribution in [0.4, 0.5) is 0 Å². The second-order valence-electron chi connectivity index (χ2n) is 4.98. The standard InChI is InChI=1S/C12H26N4O/c1-4-16-7-5-6-11(16)9-15(3)10(2)8-12(17)14-13/h10-11H,4-9,13H2,1-3H3,(H,14,17). The molecule has 0 saturated carbocycles. The molecule has 1 rings (SSSR count). The molecule has 0 bridgehead atoms. The average Bonchev–Trinajstić information content (AvgIpc) is 2.75. The van der Waals surface area contributed by atoms with E-state index in [0.29, 0.717) is 12.5 Å². The summed E-state index contributed by atoms with van der Waals surface area (Å²) in [6.07, 6.45) is 3.03. The second-order valence-corrected chi connectivity index (χ2v) is 4.98. The van der Waals surface area contributed by atoms with Crippen LogP contribution in [0.1, 0.15) is 33.1 Å². The summed E-state index contributed by atoms with van der Waals surface area (Å²) in [5.74, 6) is 5.01. The average molecular weight is 242 g/mol. The van der Waals surface area contributed by atoms with E-state index < -0.39 is 0 Å². The fraction of sp³-hybridized carbons (Fsp3) is 0.917. The minimum Gasteiger partial charge on any atom is -0.302 e. The van der Waals surface area contributed by atoms with E-state index in [1.165, 1.54) is 19.4 Å². The van der Waals surface area contributed by atoms with Crippen molar-refractivity contribution in [2.24, 2.45) is 5.84 Å². The molecule has 1 amide bonds. The second kappa shape index (κ2) is 6.93. The highest BCUT2D eigenvalue weighted by atomic mass is 16.2. The van der Waals surface area contributed by atoms with Crippen molar-refractivity contribution >= 4 is 5.91 Å². The SMILES string of the molecule is CCN1CCCC1CN(C)C(C)CC(=O)NN. The van der Waals surface area contributed by atoms with Crippen LogP contribution in [-0.2, 0) is 4.79 Å². The first-order valence-corrected chi connectivity index (χ1v) is 6.52. The highest BCUT2D eigenvalue weighted by Crippen LogP contribution is 2.18. The third-order valence-corrected chi connectivity index (χ3v) is 3.80. The van der Waals surface area contributed by atoms with Crippen molar-refractivity contribution in [3.8, 4) is 0 Å². The molecule has 1 fully saturated rings. The maximum atomic E-state index is 11.2. The molecule has 1 saturated heterocycles. The van der Waals surface area contributed by atoms with Gasteiger partial charge >= 0.3 is 0 Å². The summed E-state index contributed by atoms with van der Waals surface area (Å²) >= 11 is 0. The van der Waals surface area contributed by atoms with Gasteiger partial charge in [-0.05, 0) is 39.9 Å². The Bertz CT molecular complexity index is 247. The van der Waals surface area contributed by atoms with Crippen molar-refractivity contribution < 1.29 is 4.79 Å². The Balaban J connectivity index is 2.37. The number of likely N-dealkylation sites (N-methyl/N-ethyl adjacent to an activating group) is 2. The molecule has 0 radical (unpaired) electrons. The Labute approximate surface area is 104 Å². The largest absolute Gasteiger partial charge is 0.302 e. The zero-order valence-corrected chi connectivity index (χ0v) is 11.3. The molecule has 5 nitrogen and oxygen atoms in total. The molecule has 2 unspecified atom stereocenters. The lowest BCUT2D eigenvalue weighted by Crippen LogP contribution is -2.44. The Morgan fingerprint density at radius 2 is 2.35 bits per heavy atom. The molecule has 17 heavy (non-hydrogen) atoms. The van der Waals surface area contributed by atoms with Crippen LogP contribution in [-0.4, -0.2) is 54.5 Å². The van der Waals surface area contributed by atoms with Gasteiger partial charge in [-0.3, -0.25) is 15.1 Å². The molecule has 1 aliphatic heterocycles. The maximum absolute atomic E-state index is 11.2. The van der Waals surface area contributed by atoms with Gasteiger partial charge in [-0.1, -0.05) is 6.92 Å². The van der Waals surface area contributed by atoms with E-state index >= 15 is 0 Å². The van der Waals surface area contributed by atoms with Crippen LogP contribution >= 0.6 is 0 Å². The van der Waals surface area contributed by atoms with Gasteiger partial charge in [0.1, 0.15) is 0 Å². The number of amides is 1. The lowest BCUT2D eigenvalue weighted by molar-refractivity contribution is -0.122. The number of hydrogen-bond donors (Lipinski definition) is 2. The first kappa shape index (κ1) is 14.4. The topological polar surface area (TPSA) is 61.6 Å². The molecule has 1 aliphatic rings. The summed E-state index contributed by atoms with van der Waals surface area (Å²) in [6.45, 7) is 7.65. The summed E-state index contributed by atoms with van der Waals surface area (Å²) in [6, 6.07) is 0.881. The molecule has 0 aliphatic carbocycles. The van der Waals surface area contributed by atoms with Crippen molar-refractivity contribution in [1.82, 2.24) is 15.2 Å². The first-order valence-electron chi connectivity index (χ1n) is 6.52. The van der Waals surface area contributed by atoms with Crippen molar-refractivity contribution in [3.05, 3.63) is 0 Å². The highest BCUT2D eigenvalue weighted by Gasteiger charge is 2.25. The summed E-state index contributed by atoms with van der Waals surface area (Å²) < 4.78 is 0. The Morgan fingerprint density at radius 3 is 2.94 bits per heavy atom. The van der Waals surface area contributed by atoms with E-state index in [4.69, 9.17) is 5.84 Å². The van der Waals surface area contributed by atoms with Gasteiger partial charge in [0.15, 0.2) is 0 Å². The van der Waals surface area contributed by atoms with Crippen molar-refractivity contribution in [1.29, 1.82) is 0 Å². The van der Waals surface area contributed by atoms with Crippen molar-refractivity contribution in [3.63, 3.8) is 0 Å². The zero-order valence-electron chi connectivity index (χ0n) is 11.3. The molecule has 0 spiro atoms. The quantitative estimate of drug-likeness (QED) is 0.396. The number of hydrazine groups is 1. The van der Waals surface area contributed by atoms with Gasteiger partial charge in [-0.2, -0.15) is 0 Å². The van der Waals surface area contributed by atoms with Crippen LogP contribution in [0.25, 0.3) is 0 Å². The molecule has 2 atom stereocenters. The number of likely N-dealkylation sites (tertiary alicyclic amines) is 1. The van der Waals surface area contributed by atoms with Gasteiger partial charge in [-0.25, -0.2) is 5.84 Å². The number of carbonyl (C=O) groups is 1. The molecule has 5 heteroatoms. The molecule has 100 valence electrons. The van der Waals surface area contributed by atoms with Crippen molar-refractivity contribution in [2.45, 2.75) is 45.2 Å². The van der Waals surface area contributed by atoms with Crippen molar-refractivity contribution in [2.75, 3.05) is 26.7 Å². The van der Waals surface area contributed by atoms with Crippen LogP contribution in [0.5, 0.6) is 0 Å². The predicted octanol–water partition coefficient (Wildman–Crippen LogP) is 0.171. The molecule has 0 aromatic carbocycles. The Morgan fingerprint density at radius 1 is 1.65 bits per heavy atom. The van der Waals surface area contributed by atoms with Gasteiger partial charge in [0, 0.05) is 25.0 Å². The van der Waals surface area contributed by atoms with Crippen LogP contribution in [0.2, 0.25) is 0 Å². The number of nitrogens with one attached hydrogen (secondary N) is 1. The van der Waals surface area contributed by atoms with E-state index in [2.05, 4.69) is 36.1 Å². The zero-order chi connectivity index (χ0) is 12.8. The molecule has 1 heterocycles. The lowest BCUT2D eigenvalue weighted by atomic mass is 10.1. The normalized spacial score (nSPS) is 23.0. The van der Waals surface area contributed by atoms with Crippen LogP contribution in [0, 0.1) is 0 Å². The first-order chi connectivity index (χ1) is 8.08. The molecular formula is C12H26N4O. The Hall–Kier alpha value is -0.650. The fourth-order valence-corrected chi connectivity index (χ4v) is 2.51. The number of hydrogen-bond acceptors (Lipinski definition) is 4. The van der Waals surface area contributed by atoms with E-state index in [0.717, 1.165) is 13.1 Å². The highest BCUT2D eigenvalue weighted by molar-refractivity contribution is 5.75. The summed E-state index contributed by atoms with van der Waals surface area (Å²) in [7, 11) is 2.08. The number of rotatable bonds is 6. The van der Waals surface area contributed by atoms with Gasteiger partial charge < -0.3 is 4.90 Å². The summed E-state index contributed by atoms with van der Waals surface area (Å²) in [4.78, 5) is 16.0. The molecule has 0 aromatic heterocycles. The maximum Gasteiger partial charge on any atom is 0.235 e. The monoisotopic (exact) mass is 242 g/mol. The molecule has 3 N–H and O–H groups in total. The fourth-order valence-electron chi connectivity index (χ4n) is 2.51. The lowest BCUT2D eigenvalue weighted by Gasteiger charge is -2.31. The third-order valence-electron chi connectivity index (χ3n) is 3.80. The Kier molecular flexibility index (Phi) is 5.88. The third kappa shape index (κ3) is 4.26. The molecule has 0 aromatic rings. The minimum atomic E-state index is -0.0943. The van der Waals surface area contributed by atoms with Crippen LogP contribution < -0.4 is 11.3 Å². The van der Waals surface area contributed by atoms with Crippen LogP contribution in [0.15, 0.2) is 0 Å². The molecular weight excluding hydrogens is 216 g/mol. The summed E-state index contributed by atoms with van der Waals surface area (Å²) in [5, 5.41) is 0. The van der Waals surface area contributed by atoms with Gasteiger partial charge in [0.2, 0.25) is 5.91 Å². The van der Waals surface area contributed by atoms with E-state index in [1.807, 2.05) is 0 Å². The number of nitrogens with zero attached hydrogens (tertiary/aromatic N) is 2. The van der Waals surface area contributed by atoms with Crippen LogP contribution in [0.3, 0.4) is 0 Å². The van der Waals surface area contributed by atoms with Gasteiger partial charge in [-0.15, -0.1) is 0 Å². The minimum absolute atomic E-state index is 0.0943. The smallest absolute Gasteiger partial charge is 0.235 e. The van der Waals surface area contributed by atoms with Gasteiger partial charge in [0.05, 0.1) is 0 Å². The predicted molar refractivity (Wildman–Crippen MR) is 69.3 cm³/mol. The number of carbonyl (C=O) groups excluding carboxylic acids is 1. The van der Waals surface area contributed by atoms with E-state index in [-0.39, 0.29) is 11.9 Å².